The van der Waals surface area contributed by atoms with Crippen molar-refractivity contribution in [3.8, 4) is 0 Å². The number of benzene rings is 2. The molecule has 0 spiro atoms. The van der Waals surface area contributed by atoms with Crippen molar-refractivity contribution in [2.24, 2.45) is 5.14 Å². The number of hydrogen-bond donors (Lipinski definition) is 3. The monoisotopic (exact) mass is 305 g/mol. The van der Waals surface area contributed by atoms with Crippen LogP contribution in [-0.2, 0) is 10.0 Å². The summed E-state index contributed by atoms with van der Waals surface area (Å²) in [5.41, 5.74) is 8.45. The fraction of sp³-hybridized carbons (Fsp3) is 0.200. The van der Waals surface area contributed by atoms with Gasteiger partial charge in [0.25, 0.3) is 0 Å². The smallest absolute Gasteiger partial charge is 0.238 e. The van der Waals surface area contributed by atoms with Crippen molar-refractivity contribution in [1.82, 2.24) is 0 Å². The fourth-order valence-corrected chi connectivity index (χ4v) is 3.05. The lowest BCUT2D eigenvalue weighted by molar-refractivity contribution is 0.597. The van der Waals surface area contributed by atoms with Gasteiger partial charge in [0.05, 0.1) is 4.90 Å². The van der Waals surface area contributed by atoms with Gasteiger partial charge in [-0.15, -0.1) is 0 Å². The zero-order chi connectivity index (χ0) is 15.6. The van der Waals surface area contributed by atoms with Crippen molar-refractivity contribution >= 4 is 21.4 Å². The lowest BCUT2D eigenvalue weighted by Gasteiger charge is -2.19. The van der Waals surface area contributed by atoms with E-state index in [0.717, 1.165) is 5.56 Å². The van der Waals surface area contributed by atoms with Gasteiger partial charge in [-0.2, -0.15) is 0 Å². The molecular formula is C15H19N3O2S. The number of nitrogens with one attached hydrogen (secondary N) is 1. The summed E-state index contributed by atoms with van der Waals surface area (Å²) in [6.45, 7) is 3.70. The third-order valence-corrected chi connectivity index (χ3v) is 4.40. The van der Waals surface area contributed by atoms with Crippen molar-refractivity contribution in [1.29, 1.82) is 0 Å². The lowest BCUT2D eigenvalue weighted by atomic mass is 10.1. The Balaban J connectivity index is 2.39. The first kappa shape index (κ1) is 15.3. The molecule has 0 aliphatic carbocycles. The molecule has 0 aliphatic rings. The summed E-state index contributed by atoms with van der Waals surface area (Å²) in [4.78, 5) is 0.0465. The van der Waals surface area contributed by atoms with Gasteiger partial charge in [0, 0.05) is 17.4 Å². The number of primary sulfonamides is 1. The average molecular weight is 305 g/mol. The van der Waals surface area contributed by atoms with Crippen molar-refractivity contribution in [3.05, 3.63) is 53.6 Å². The Morgan fingerprint density at radius 1 is 1.14 bits per heavy atom. The highest BCUT2D eigenvalue weighted by atomic mass is 32.2. The Bertz CT molecular complexity index is 743. The third kappa shape index (κ3) is 3.53. The van der Waals surface area contributed by atoms with Crippen LogP contribution in [0.15, 0.2) is 47.4 Å². The minimum atomic E-state index is -3.80. The summed E-state index contributed by atoms with van der Waals surface area (Å²) < 4.78 is 23.2. The van der Waals surface area contributed by atoms with Gasteiger partial charge in [-0.25, -0.2) is 13.6 Å². The summed E-state index contributed by atoms with van der Waals surface area (Å²) in [6, 6.07) is 13.0. The minimum absolute atomic E-state index is 0.0139. The molecule has 112 valence electrons. The molecule has 0 saturated heterocycles. The Labute approximate surface area is 125 Å². The number of sulfonamides is 1. The molecular weight excluding hydrogens is 286 g/mol. The van der Waals surface area contributed by atoms with E-state index in [1.165, 1.54) is 6.07 Å². The van der Waals surface area contributed by atoms with Crippen LogP contribution in [0.1, 0.15) is 24.1 Å². The summed E-state index contributed by atoms with van der Waals surface area (Å²) in [5, 5.41) is 8.51. The first-order valence-electron chi connectivity index (χ1n) is 6.53. The minimum Gasteiger partial charge on any atom is -0.399 e. The molecule has 2 aromatic rings. The fourth-order valence-electron chi connectivity index (χ4n) is 2.21. The summed E-state index contributed by atoms with van der Waals surface area (Å²) >= 11 is 0. The van der Waals surface area contributed by atoms with E-state index in [-0.39, 0.29) is 10.9 Å². The number of rotatable bonds is 4. The lowest BCUT2D eigenvalue weighted by Crippen LogP contribution is -2.16. The molecule has 0 aromatic heterocycles. The molecule has 1 unspecified atom stereocenters. The molecule has 5 N–H and O–H groups in total. The maximum absolute atomic E-state index is 11.6. The van der Waals surface area contributed by atoms with Gasteiger partial charge >= 0.3 is 0 Å². The SMILES string of the molecule is Cc1c(NC(C)c2ccccc2)cc(N)cc1S(N)(=O)=O. The molecule has 1 atom stereocenters. The second kappa shape index (κ2) is 5.75. The van der Waals surface area contributed by atoms with Gasteiger partial charge in [-0.05, 0) is 37.1 Å². The second-order valence-electron chi connectivity index (χ2n) is 5.01. The molecule has 0 bridgehead atoms. The summed E-state index contributed by atoms with van der Waals surface area (Å²) in [7, 11) is -3.80. The standard InChI is InChI=1S/C15H19N3O2S/c1-10-14(8-13(16)9-15(10)21(17,19)20)18-11(2)12-6-4-3-5-7-12/h3-9,11,18H,16H2,1-2H3,(H2,17,19,20). The number of nitrogen functional groups attached to an aromatic ring is 1. The van der Waals surface area contributed by atoms with Crippen molar-refractivity contribution in [3.63, 3.8) is 0 Å². The molecule has 0 fully saturated rings. The van der Waals surface area contributed by atoms with Crippen LogP contribution in [0, 0.1) is 6.92 Å². The second-order valence-corrected chi connectivity index (χ2v) is 6.54. The van der Waals surface area contributed by atoms with Gasteiger partial charge < -0.3 is 11.1 Å². The van der Waals surface area contributed by atoms with Crippen LogP contribution in [0.3, 0.4) is 0 Å². The van der Waals surface area contributed by atoms with Crippen LogP contribution in [0.25, 0.3) is 0 Å². The van der Waals surface area contributed by atoms with E-state index in [1.54, 1.807) is 13.0 Å². The Kier molecular flexibility index (Phi) is 4.20. The molecule has 5 nitrogen and oxygen atoms in total. The van der Waals surface area contributed by atoms with E-state index in [0.29, 0.717) is 16.9 Å². The highest BCUT2D eigenvalue weighted by Crippen LogP contribution is 2.29. The first-order chi connectivity index (χ1) is 9.79. The van der Waals surface area contributed by atoms with E-state index < -0.39 is 10.0 Å². The molecule has 2 aromatic carbocycles. The average Bonchev–Trinajstić information content (AvgIpc) is 2.42. The van der Waals surface area contributed by atoms with Crippen LogP contribution in [0.4, 0.5) is 11.4 Å². The Morgan fingerprint density at radius 3 is 2.33 bits per heavy atom. The van der Waals surface area contributed by atoms with E-state index in [1.807, 2.05) is 37.3 Å². The van der Waals surface area contributed by atoms with Gasteiger partial charge in [-0.1, -0.05) is 30.3 Å². The maximum atomic E-state index is 11.6. The zero-order valence-corrected chi connectivity index (χ0v) is 12.8. The molecule has 2 rings (SSSR count). The van der Waals surface area contributed by atoms with Crippen LogP contribution >= 0.6 is 0 Å². The molecule has 0 heterocycles. The first-order valence-corrected chi connectivity index (χ1v) is 8.08. The van der Waals surface area contributed by atoms with Crippen molar-refractivity contribution in [2.75, 3.05) is 11.1 Å². The van der Waals surface area contributed by atoms with E-state index in [2.05, 4.69) is 5.32 Å². The third-order valence-electron chi connectivity index (χ3n) is 3.36. The van der Waals surface area contributed by atoms with Crippen LogP contribution < -0.4 is 16.2 Å². The van der Waals surface area contributed by atoms with E-state index >= 15 is 0 Å². The van der Waals surface area contributed by atoms with Crippen LogP contribution in [0.5, 0.6) is 0 Å². The summed E-state index contributed by atoms with van der Waals surface area (Å²) in [5.74, 6) is 0. The van der Waals surface area contributed by atoms with Crippen molar-refractivity contribution in [2.45, 2.75) is 24.8 Å². The Hall–Kier alpha value is -2.05. The molecule has 0 saturated carbocycles. The topological polar surface area (TPSA) is 98.2 Å². The molecule has 21 heavy (non-hydrogen) atoms. The summed E-state index contributed by atoms with van der Waals surface area (Å²) in [6.07, 6.45) is 0. The van der Waals surface area contributed by atoms with Gasteiger partial charge in [0.15, 0.2) is 0 Å². The van der Waals surface area contributed by atoms with Crippen LogP contribution in [-0.4, -0.2) is 8.42 Å². The highest BCUT2D eigenvalue weighted by molar-refractivity contribution is 7.89. The van der Waals surface area contributed by atoms with Crippen molar-refractivity contribution < 1.29 is 8.42 Å². The quantitative estimate of drug-likeness (QED) is 0.755. The predicted octanol–water partition coefficient (Wildman–Crippen LogP) is 2.40. The maximum Gasteiger partial charge on any atom is 0.238 e. The number of hydrogen-bond acceptors (Lipinski definition) is 4. The molecule has 0 amide bonds. The largest absolute Gasteiger partial charge is 0.399 e. The molecule has 0 radical (unpaired) electrons. The predicted molar refractivity (Wildman–Crippen MR) is 85.4 cm³/mol. The normalized spacial score (nSPS) is 12.9. The molecule has 0 aliphatic heterocycles. The van der Waals surface area contributed by atoms with E-state index in [9.17, 15) is 8.42 Å². The molecule has 6 heteroatoms. The zero-order valence-electron chi connectivity index (χ0n) is 12.0. The van der Waals surface area contributed by atoms with Gasteiger partial charge in [-0.3, -0.25) is 0 Å². The highest BCUT2D eigenvalue weighted by Gasteiger charge is 2.16. The van der Waals surface area contributed by atoms with Gasteiger partial charge in [0.2, 0.25) is 10.0 Å². The Morgan fingerprint density at radius 2 is 1.76 bits per heavy atom. The number of nitrogens with two attached hydrogens (primary N) is 2. The number of anilines is 2. The van der Waals surface area contributed by atoms with Gasteiger partial charge in [0.1, 0.15) is 0 Å². The van der Waals surface area contributed by atoms with E-state index in [4.69, 9.17) is 10.9 Å². The van der Waals surface area contributed by atoms with Crippen LogP contribution in [0.2, 0.25) is 0 Å².